The van der Waals surface area contributed by atoms with Gasteiger partial charge >= 0.3 is 0 Å². The average Bonchev–Trinajstić information content (AvgIpc) is 1.25. The van der Waals surface area contributed by atoms with Crippen LogP contribution in [0.4, 0.5) is 0 Å². The Balaban J connectivity index is 4.02. The Labute approximate surface area is 49.7 Å². The second-order valence-corrected chi connectivity index (χ2v) is 2.85. The van der Waals surface area contributed by atoms with Gasteiger partial charge in [-0.3, -0.25) is 0 Å². The number of hydrogen-bond donors (Lipinski definition) is 1. The van der Waals surface area contributed by atoms with Crippen molar-refractivity contribution in [1.29, 1.82) is 0 Å². The van der Waals surface area contributed by atoms with Crippen molar-refractivity contribution in [2.45, 2.75) is 19.6 Å². The fourth-order valence-electron chi connectivity index (χ4n) is 0. The minimum Gasteiger partial charge on any atom is -0.631 e. The van der Waals surface area contributed by atoms with Gasteiger partial charge in [-0.25, -0.2) is 0 Å². The van der Waals surface area contributed by atoms with Crippen LogP contribution in [0.5, 0.6) is 0 Å². The van der Waals surface area contributed by atoms with E-state index in [9.17, 15) is 5.21 Å². The number of hydroxylamine groups is 3. The molecule has 8 heavy (non-hydrogen) atoms. The molecule has 0 rings (SSSR count). The van der Waals surface area contributed by atoms with Crippen LogP contribution in [-0.2, 0) is 0 Å². The highest BCUT2D eigenvalue weighted by Gasteiger charge is 2.25. The third-order valence-corrected chi connectivity index (χ3v) is 1.32. The van der Waals surface area contributed by atoms with E-state index in [2.05, 4.69) is 0 Å². The van der Waals surface area contributed by atoms with Gasteiger partial charge < -0.3 is 15.0 Å². The molecule has 0 amide bonds. The van der Waals surface area contributed by atoms with Crippen LogP contribution < -0.4 is 0 Å². The van der Waals surface area contributed by atoms with Crippen molar-refractivity contribution in [3.8, 4) is 0 Å². The Hall–Kier alpha value is -0.120. The summed E-state index contributed by atoms with van der Waals surface area (Å²) >= 11 is 0. The van der Waals surface area contributed by atoms with Crippen molar-refractivity contribution in [3.05, 3.63) is 5.21 Å². The first kappa shape index (κ1) is 7.88. The maximum absolute atomic E-state index is 10.8. The van der Waals surface area contributed by atoms with Crippen LogP contribution in [0.1, 0.15) is 13.8 Å². The van der Waals surface area contributed by atoms with E-state index in [1.807, 2.05) is 0 Å². The van der Waals surface area contributed by atoms with Crippen molar-refractivity contribution < 1.29 is 9.75 Å². The van der Waals surface area contributed by atoms with E-state index in [-0.39, 0.29) is 0 Å². The first-order valence-electron chi connectivity index (χ1n) is 2.52. The molecule has 1 N–H and O–H groups in total. The van der Waals surface area contributed by atoms with Gasteiger partial charge in [-0.2, -0.15) is 0 Å². The topological polar surface area (TPSA) is 43.3 Å². The maximum atomic E-state index is 10.8. The highest BCUT2D eigenvalue weighted by atomic mass is 16.6. The van der Waals surface area contributed by atoms with Crippen molar-refractivity contribution in [2.75, 3.05) is 14.1 Å². The van der Waals surface area contributed by atoms with Crippen LogP contribution in [0, 0.1) is 5.21 Å². The second-order valence-electron chi connectivity index (χ2n) is 2.85. The van der Waals surface area contributed by atoms with Gasteiger partial charge in [0.1, 0.15) is 0 Å². The van der Waals surface area contributed by atoms with Crippen LogP contribution in [-0.4, -0.2) is 29.6 Å². The van der Waals surface area contributed by atoms with E-state index in [1.165, 1.54) is 27.9 Å². The molecular weight excluding hydrogens is 106 g/mol. The molecule has 0 aliphatic rings. The number of nitrogens with zero attached hydrogens (tertiary/aromatic N) is 1. The number of hydrogen-bond acceptors (Lipinski definition) is 2. The van der Waals surface area contributed by atoms with E-state index < -0.39 is 10.4 Å². The van der Waals surface area contributed by atoms with Gasteiger partial charge in [0.05, 0.1) is 14.1 Å². The van der Waals surface area contributed by atoms with Gasteiger partial charge in [0.15, 0.2) is 5.72 Å². The average molecular weight is 119 g/mol. The summed E-state index contributed by atoms with van der Waals surface area (Å²) in [5.74, 6) is 0. The Morgan fingerprint density at radius 3 is 1.50 bits per heavy atom. The molecule has 0 fully saturated rings. The minimum atomic E-state index is -1.18. The molecule has 0 saturated carbocycles. The molecule has 0 spiro atoms. The van der Waals surface area contributed by atoms with Gasteiger partial charge in [0, 0.05) is 13.8 Å². The van der Waals surface area contributed by atoms with Crippen molar-refractivity contribution in [1.82, 2.24) is 0 Å². The molecule has 50 valence electrons. The Morgan fingerprint density at radius 2 is 1.50 bits per heavy atom. The van der Waals surface area contributed by atoms with Crippen LogP contribution in [0.15, 0.2) is 0 Å². The Morgan fingerprint density at radius 1 is 1.38 bits per heavy atom. The number of rotatable bonds is 1. The fraction of sp³-hybridized carbons (Fsp3) is 1.00. The first-order valence-corrected chi connectivity index (χ1v) is 2.52. The normalized spacial score (nSPS) is 14.2. The molecule has 0 aliphatic heterocycles. The molecule has 0 radical (unpaired) electrons. The van der Waals surface area contributed by atoms with Crippen LogP contribution in [0.25, 0.3) is 0 Å². The molecule has 3 heteroatoms. The van der Waals surface area contributed by atoms with Crippen LogP contribution in [0.2, 0.25) is 0 Å². The molecule has 0 saturated heterocycles. The predicted octanol–water partition coefficient (Wildman–Crippen LogP) is 0.289. The molecule has 0 aliphatic carbocycles. The molecule has 3 nitrogen and oxygen atoms in total. The lowest BCUT2D eigenvalue weighted by atomic mass is 10.3. The lowest BCUT2D eigenvalue weighted by molar-refractivity contribution is -0.918. The molecule has 0 aromatic heterocycles. The van der Waals surface area contributed by atoms with Crippen LogP contribution in [0.3, 0.4) is 0 Å². The Bertz CT molecular complexity index is 65.4. The van der Waals surface area contributed by atoms with Crippen LogP contribution >= 0.6 is 0 Å². The number of aliphatic hydroxyl groups is 1. The summed E-state index contributed by atoms with van der Waals surface area (Å²) < 4.78 is -0.674. The molecule has 0 bridgehead atoms. The molecule has 0 aromatic rings. The third-order valence-electron chi connectivity index (χ3n) is 1.32. The van der Waals surface area contributed by atoms with Gasteiger partial charge in [-0.05, 0) is 0 Å². The van der Waals surface area contributed by atoms with E-state index >= 15 is 0 Å². The maximum Gasteiger partial charge on any atom is 0.194 e. The summed E-state index contributed by atoms with van der Waals surface area (Å²) in [6, 6.07) is 0. The molecule has 0 unspecified atom stereocenters. The van der Waals surface area contributed by atoms with Crippen molar-refractivity contribution in [2.24, 2.45) is 0 Å². The van der Waals surface area contributed by atoms with Crippen molar-refractivity contribution >= 4 is 0 Å². The fourth-order valence-corrected chi connectivity index (χ4v) is 0. The summed E-state index contributed by atoms with van der Waals surface area (Å²) in [7, 11) is 2.81. The van der Waals surface area contributed by atoms with Gasteiger partial charge in [0.2, 0.25) is 0 Å². The largest absolute Gasteiger partial charge is 0.631 e. The Kier molecular flexibility index (Phi) is 1.66. The second kappa shape index (κ2) is 1.69. The monoisotopic (exact) mass is 119 g/mol. The zero-order valence-electron chi connectivity index (χ0n) is 5.80. The summed E-state index contributed by atoms with van der Waals surface area (Å²) in [6.45, 7) is 2.97. The SMILES string of the molecule is CC(C)(O)[N+](C)(C)[O-]. The quantitative estimate of drug-likeness (QED) is 0.306. The van der Waals surface area contributed by atoms with Gasteiger partial charge in [0.25, 0.3) is 0 Å². The number of quaternary nitrogens is 1. The van der Waals surface area contributed by atoms with E-state index in [0.29, 0.717) is 0 Å². The van der Waals surface area contributed by atoms with Gasteiger partial charge in [-0.1, -0.05) is 0 Å². The summed E-state index contributed by atoms with van der Waals surface area (Å²) in [6.07, 6.45) is 0. The lowest BCUT2D eigenvalue weighted by Crippen LogP contribution is -2.51. The first-order chi connectivity index (χ1) is 3.25. The predicted molar refractivity (Wildman–Crippen MR) is 31.8 cm³/mol. The zero-order valence-corrected chi connectivity index (χ0v) is 5.80. The third kappa shape index (κ3) is 1.78. The zero-order chi connectivity index (χ0) is 7.00. The van der Waals surface area contributed by atoms with Crippen molar-refractivity contribution in [3.63, 3.8) is 0 Å². The molecular formula is C5H13NO2. The summed E-state index contributed by atoms with van der Waals surface area (Å²) in [4.78, 5) is 0. The molecule has 0 atom stereocenters. The summed E-state index contributed by atoms with van der Waals surface area (Å²) in [5.41, 5.74) is -1.18. The molecule has 0 heterocycles. The minimum absolute atomic E-state index is 0.674. The molecule has 0 aromatic carbocycles. The van der Waals surface area contributed by atoms with E-state index in [4.69, 9.17) is 5.11 Å². The lowest BCUT2D eigenvalue weighted by Gasteiger charge is -2.44. The van der Waals surface area contributed by atoms with E-state index in [1.54, 1.807) is 0 Å². The highest BCUT2D eigenvalue weighted by Crippen LogP contribution is 2.12. The standard InChI is InChI=1S/C5H13NO2/c1-5(2,7)6(3,4)8/h7H,1-4H3. The smallest absolute Gasteiger partial charge is 0.194 e. The highest BCUT2D eigenvalue weighted by molar-refractivity contribution is 4.48. The summed E-state index contributed by atoms with van der Waals surface area (Å²) in [5, 5.41) is 19.8. The van der Waals surface area contributed by atoms with E-state index in [0.717, 1.165) is 0 Å². The van der Waals surface area contributed by atoms with Gasteiger partial charge in [-0.15, -0.1) is 0 Å².